The molecule has 0 fully saturated rings. The second kappa shape index (κ2) is 14.6. The lowest BCUT2D eigenvalue weighted by atomic mass is 9.94. The minimum atomic E-state index is 0.680. The summed E-state index contributed by atoms with van der Waals surface area (Å²) in [6.45, 7) is 4.14. The van der Waals surface area contributed by atoms with Crippen LogP contribution < -0.4 is 0 Å². The lowest BCUT2D eigenvalue weighted by Gasteiger charge is -2.14. The molecule has 0 spiro atoms. The van der Waals surface area contributed by atoms with Gasteiger partial charge in [0.05, 0.1) is 11.4 Å². The smallest absolute Gasteiger partial charge is 0.160 e. The summed E-state index contributed by atoms with van der Waals surface area (Å²) in [5, 5.41) is 2.47. The molecule has 248 valence electrons. The van der Waals surface area contributed by atoms with Crippen LogP contribution in [0.5, 0.6) is 0 Å². The highest BCUT2D eigenvalue weighted by Gasteiger charge is 2.15. The lowest BCUT2D eigenvalue weighted by molar-refractivity contribution is 1.18. The van der Waals surface area contributed by atoms with Gasteiger partial charge in [-0.05, 0) is 99.5 Å². The van der Waals surface area contributed by atoms with Gasteiger partial charge in [0.1, 0.15) is 0 Å². The first kappa shape index (κ1) is 32.5. The quantitative estimate of drug-likeness (QED) is 0.151. The van der Waals surface area contributed by atoms with Crippen LogP contribution in [0.2, 0.25) is 0 Å². The average molecular weight is 668 g/mol. The fourth-order valence-electron chi connectivity index (χ4n) is 6.79. The van der Waals surface area contributed by atoms with Gasteiger partial charge in [-0.1, -0.05) is 146 Å². The zero-order valence-electron chi connectivity index (χ0n) is 29.2. The van der Waals surface area contributed by atoms with Crippen molar-refractivity contribution in [3.8, 4) is 67.3 Å². The Bertz CT molecular complexity index is 2540. The Kier molecular flexibility index (Phi) is 9.15. The molecule has 8 rings (SSSR count). The average Bonchev–Trinajstić information content (AvgIpc) is 3.23. The monoisotopic (exact) mass is 667 g/mol. The zero-order valence-corrected chi connectivity index (χ0v) is 29.2. The Labute approximate surface area is 305 Å². The molecule has 3 heteroatoms. The lowest BCUT2D eigenvalue weighted by Crippen LogP contribution is -1.97. The van der Waals surface area contributed by atoms with Gasteiger partial charge in [0.25, 0.3) is 0 Å². The van der Waals surface area contributed by atoms with Gasteiger partial charge in [-0.15, -0.1) is 0 Å². The molecule has 2 aromatic heterocycles. The van der Waals surface area contributed by atoms with Crippen LogP contribution in [0.25, 0.3) is 83.6 Å². The van der Waals surface area contributed by atoms with E-state index in [1.54, 1.807) is 6.20 Å². The number of benzene rings is 6. The highest BCUT2D eigenvalue weighted by Crippen LogP contribution is 2.35. The fraction of sp³-hybridized carbons (Fsp3) is 0.0408. The van der Waals surface area contributed by atoms with E-state index in [2.05, 4.69) is 189 Å². The van der Waals surface area contributed by atoms with Crippen molar-refractivity contribution in [3.05, 3.63) is 194 Å². The van der Waals surface area contributed by atoms with Crippen molar-refractivity contribution in [1.82, 2.24) is 15.0 Å². The molecule has 3 nitrogen and oxygen atoms in total. The molecule has 6 aromatic carbocycles. The van der Waals surface area contributed by atoms with E-state index < -0.39 is 0 Å². The summed E-state index contributed by atoms with van der Waals surface area (Å²) in [5.41, 5.74) is 13.9. The van der Waals surface area contributed by atoms with E-state index in [1.165, 1.54) is 16.3 Å². The minimum absolute atomic E-state index is 0.680. The van der Waals surface area contributed by atoms with Gasteiger partial charge in [-0.2, -0.15) is 0 Å². The van der Waals surface area contributed by atoms with Crippen LogP contribution in [0.15, 0.2) is 188 Å². The molecule has 0 aliphatic carbocycles. The molecule has 0 radical (unpaired) electrons. The Morgan fingerprint density at radius 2 is 1.12 bits per heavy atom. The normalized spacial score (nSPS) is 11.7. The maximum atomic E-state index is 5.27. The molecule has 0 aliphatic heterocycles. The van der Waals surface area contributed by atoms with Gasteiger partial charge in [0.15, 0.2) is 5.82 Å². The second-order valence-corrected chi connectivity index (χ2v) is 12.8. The Morgan fingerprint density at radius 3 is 1.87 bits per heavy atom. The van der Waals surface area contributed by atoms with E-state index in [-0.39, 0.29) is 0 Å². The molecule has 0 bridgehead atoms. The molecule has 0 unspecified atom stereocenters. The molecule has 2 heterocycles. The number of allylic oxidation sites excluding steroid dienone is 4. The summed E-state index contributed by atoms with van der Waals surface area (Å²) in [5.74, 6) is 0.680. The van der Waals surface area contributed by atoms with Crippen LogP contribution in [0, 0.1) is 0 Å². The summed E-state index contributed by atoms with van der Waals surface area (Å²) >= 11 is 0. The van der Waals surface area contributed by atoms with E-state index in [4.69, 9.17) is 9.97 Å². The predicted molar refractivity (Wildman–Crippen MR) is 218 cm³/mol. The first-order valence-electron chi connectivity index (χ1n) is 17.7. The van der Waals surface area contributed by atoms with Crippen molar-refractivity contribution in [1.29, 1.82) is 0 Å². The van der Waals surface area contributed by atoms with Crippen molar-refractivity contribution in [2.75, 3.05) is 0 Å². The Morgan fingerprint density at radius 1 is 0.481 bits per heavy atom. The molecule has 8 aromatic rings. The summed E-state index contributed by atoms with van der Waals surface area (Å²) in [7, 11) is 0. The SMILES string of the molecule is C/C=C\C(=C/C)c1cc(-c2ccccc2)cc(-c2cc(-c3ccc(-c4cccnc4)cc3)nc(-c3ccc(-c4cccc5ccccc45)cc3)n2)c1. The highest BCUT2D eigenvalue weighted by atomic mass is 14.9. The molecule has 0 N–H and O–H groups in total. The van der Waals surface area contributed by atoms with Crippen LogP contribution >= 0.6 is 0 Å². The van der Waals surface area contributed by atoms with Crippen molar-refractivity contribution in [2.24, 2.45) is 0 Å². The summed E-state index contributed by atoms with van der Waals surface area (Å²) in [4.78, 5) is 14.8. The van der Waals surface area contributed by atoms with Crippen molar-refractivity contribution in [3.63, 3.8) is 0 Å². The molecule has 0 saturated carbocycles. The van der Waals surface area contributed by atoms with Gasteiger partial charge in [-0.3, -0.25) is 4.98 Å². The molecule has 0 amide bonds. The Balaban J connectivity index is 1.28. The third-order valence-electron chi connectivity index (χ3n) is 9.47. The van der Waals surface area contributed by atoms with Gasteiger partial charge in [0.2, 0.25) is 0 Å². The van der Waals surface area contributed by atoms with Gasteiger partial charge < -0.3 is 0 Å². The van der Waals surface area contributed by atoms with Gasteiger partial charge >= 0.3 is 0 Å². The number of nitrogens with zero attached hydrogens (tertiary/aromatic N) is 3. The number of hydrogen-bond acceptors (Lipinski definition) is 3. The number of pyridine rings is 1. The number of fused-ring (bicyclic) bond motifs is 1. The molecular weight excluding hydrogens is 631 g/mol. The van der Waals surface area contributed by atoms with Gasteiger partial charge in [-0.25, -0.2) is 9.97 Å². The minimum Gasteiger partial charge on any atom is -0.264 e. The topological polar surface area (TPSA) is 38.7 Å². The van der Waals surface area contributed by atoms with Crippen LogP contribution in [0.4, 0.5) is 0 Å². The van der Waals surface area contributed by atoms with Crippen molar-refractivity contribution in [2.45, 2.75) is 13.8 Å². The first-order chi connectivity index (χ1) is 25.7. The highest BCUT2D eigenvalue weighted by molar-refractivity contribution is 5.97. The number of rotatable bonds is 8. The second-order valence-electron chi connectivity index (χ2n) is 12.8. The van der Waals surface area contributed by atoms with Gasteiger partial charge in [0, 0.05) is 29.1 Å². The molecule has 52 heavy (non-hydrogen) atoms. The zero-order chi connectivity index (χ0) is 35.3. The van der Waals surface area contributed by atoms with E-state index >= 15 is 0 Å². The van der Waals surface area contributed by atoms with Crippen LogP contribution in [-0.2, 0) is 0 Å². The summed E-state index contributed by atoms with van der Waals surface area (Å²) < 4.78 is 0. The number of hydrogen-bond donors (Lipinski definition) is 0. The van der Waals surface area contributed by atoms with Crippen LogP contribution in [0.3, 0.4) is 0 Å². The largest absolute Gasteiger partial charge is 0.264 e. The maximum Gasteiger partial charge on any atom is 0.160 e. The van der Waals surface area contributed by atoms with Crippen LogP contribution in [0.1, 0.15) is 19.4 Å². The standard InChI is InChI=1S/C49H37N3/c1-3-12-34(4-2)42-29-43(35-13-6-5-7-14-35)31-44(30-42)48-32-47(39-24-20-36(21-25-39)41-17-11-28-50-33-41)51-49(52-48)40-26-22-38(23-27-40)46-19-10-16-37-15-8-9-18-45(37)46/h3-33H,1-2H3/b12-3-,34-4+. The summed E-state index contributed by atoms with van der Waals surface area (Å²) in [6, 6.07) is 55.6. The molecule has 0 atom stereocenters. The van der Waals surface area contributed by atoms with Crippen molar-refractivity contribution < 1.29 is 0 Å². The van der Waals surface area contributed by atoms with E-state index in [1.807, 2.05) is 12.3 Å². The van der Waals surface area contributed by atoms with E-state index in [0.717, 1.165) is 67.0 Å². The van der Waals surface area contributed by atoms with E-state index in [9.17, 15) is 0 Å². The maximum absolute atomic E-state index is 5.27. The third-order valence-corrected chi connectivity index (χ3v) is 9.47. The summed E-state index contributed by atoms with van der Waals surface area (Å²) in [6.07, 6.45) is 10.1. The Hall–Kier alpha value is -6.71. The van der Waals surface area contributed by atoms with Crippen LogP contribution in [-0.4, -0.2) is 15.0 Å². The third kappa shape index (κ3) is 6.73. The number of aromatic nitrogens is 3. The van der Waals surface area contributed by atoms with E-state index in [0.29, 0.717) is 5.82 Å². The first-order valence-corrected chi connectivity index (χ1v) is 17.7. The predicted octanol–water partition coefficient (Wildman–Crippen LogP) is 13.0. The molecule has 0 saturated heterocycles. The molecule has 0 aliphatic rings. The van der Waals surface area contributed by atoms with Crippen molar-refractivity contribution >= 4 is 16.3 Å². The molecular formula is C49H37N3. The fourth-order valence-corrected chi connectivity index (χ4v) is 6.79.